The molecule has 0 amide bonds. The Labute approximate surface area is 169 Å². The third kappa shape index (κ3) is 35.1. The molecule has 0 unspecified atom stereocenters. The number of aliphatic hydroxyl groups is 2. The number of aliphatic hydroxyl groups excluding tert-OH is 2. The molecule has 0 saturated heterocycles. The van der Waals surface area contributed by atoms with Gasteiger partial charge >= 0.3 is 0 Å². The van der Waals surface area contributed by atoms with Crippen molar-refractivity contribution in [3.8, 4) is 18.2 Å². The Kier molecular flexibility index (Phi) is 32.6. The van der Waals surface area contributed by atoms with Gasteiger partial charge in [0.05, 0.1) is 70.7 Å². The number of allylic oxidation sites excluding steroid dienone is 1. The molecule has 0 aliphatic carbocycles. The van der Waals surface area contributed by atoms with Crippen LogP contribution in [0.5, 0.6) is 0 Å². The van der Waals surface area contributed by atoms with Gasteiger partial charge in [0.1, 0.15) is 0 Å². The molecule has 0 radical (unpaired) electrons. The molecule has 0 aromatic rings. The number of hydrogen-bond donors (Lipinski definition) is 2. The normalized spacial score (nSPS) is 9.25. The van der Waals surface area contributed by atoms with Crippen molar-refractivity contribution in [3.63, 3.8) is 0 Å². The third-order valence-corrected chi connectivity index (χ3v) is 3.01. The van der Waals surface area contributed by atoms with Crippen LogP contribution in [0.2, 0.25) is 0 Å². The minimum absolute atomic E-state index is 0.163. The van der Waals surface area contributed by atoms with Crippen molar-refractivity contribution in [2.24, 2.45) is 0 Å². The summed E-state index contributed by atoms with van der Waals surface area (Å²) in [6.07, 6.45) is 2.07. The molecule has 9 nitrogen and oxygen atoms in total. The van der Waals surface area contributed by atoms with Crippen molar-refractivity contribution in [1.82, 2.24) is 9.80 Å². The van der Waals surface area contributed by atoms with Gasteiger partial charge in [0.2, 0.25) is 0 Å². The first-order valence-electron chi connectivity index (χ1n) is 9.02. The van der Waals surface area contributed by atoms with Crippen LogP contribution in [0, 0.1) is 34.0 Å². The Morgan fingerprint density at radius 3 is 1.43 bits per heavy atom. The average molecular weight is 398 g/mol. The molecule has 9 heteroatoms. The first kappa shape index (κ1) is 30.7. The van der Waals surface area contributed by atoms with Gasteiger partial charge in [0, 0.05) is 32.3 Å². The molecular weight excluding hydrogens is 362 g/mol. The first-order chi connectivity index (χ1) is 13.5. The standard InChI is InChI=1S/C11H19N3O2.C5H13NO2.C3H3N/c1-14(6-10-15-8-2-4-12)7-11-16-9-3-5-13;1-6(2-4-7)3-5-8;1-2-3-4/h2-3,6-11H2,1H3;7-8H,2-5H2,1H3;2H,1H2. The summed E-state index contributed by atoms with van der Waals surface area (Å²) >= 11 is 0. The van der Waals surface area contributed by atoms with E-state index in [9.17, 15) is 0 Å². The zero-order valence-electron chi connectivity index (χ0n) is 17.2. The van der Waals surface area contributed by atoms with Crippen LogP contribution in [-0.2, 0) is 9.47 Å². The van der Waals surface area contributed by atoms with Gasteiger partial charge in [0.15, 0.2) is 0 Å². The smallest absolute Gasteiger partial charge is 0.0905 e. The van der Waals surface area contributed by atoms with Gasteiger partial charge in [-0.1, -0.05) is 6.58 Å². The number of rotatable bonds is 14. The Morgan fingerprint density at radius 1 is 0.786 bits per heavy atom. The van der Waals surface area contributed by atoms with E-state index in [1.807, 2.05) is 31.1 Å². The van der Waals surface area contributed by atoms with E-state index in [1.54, 1.807) is 6.07 Å². The van der Waals surface area contributed by atoms with E-state index in [0.717, 1.165) is 13.1 Å². The predicted octanol–water partition coefficient (Wildman–Crippen LogP) is 0.378. The summed E-state index contributed by atoms with van der Waals surface area (Å²) in [5.41, 5.74) is 0. The van der Waals surface area contributed by atoms with E-state index >= 15 is 0 Å². The monoisotopic (exact) mass is 397 g/mol. The summed E-state index contributed by atoms with van der Waals surface area (Å²) in [4.78, 5) is 3.96. The van der Waals surface area contributed by atoms with E-state index in [2.05, 4.69) is 11.5 Å². The lowest BCUT2D eigenvalue weighted by Gasteiger charge is -2.16. The van der Waals surface area contributed by atoms with Gasteiger partial charge in [-0.25, -0.2) is 0 Å². The summed E-state index contributed by atoms with van der Waals surface area (Å²) in [7, 11) is 3.84. The lowest BCUT2D eigenvalue weighted by Crippen LogP contribution is -2.27. The van der Waals surface area contributed by atoms with Crippen LogP contribution in [-0.4, -0.2) is 99.9 Å². The molecule has 0 atom stereocenters. The van der Waals surface area contributed by atoms with Crippen LogP contribution in [0.4, 0.5) is 0 Å². The van der Waals surface area contributed by atoms with E-state index < -0.39 is 0 Å². The number of nitriles is 3. The molecular formula is C19H35N5O4. The fraction of sp³-hybridized carbons (Fsp3) is 0.737. The molecule has 0 aromatic carbocycles. The third-order valence-electron chi connectivity index (χ3n) is 3.01. The van der Waals surface area contributed by atoms with Gasteiger partial charge in [-0.15, -0.1) is 0 Å². The molecule has 0 aliphatic rings. The second-order valence-electron chi connectivity index (χ2n) is 5.43. The maximum absolute atomic E-state index is 8.34. The van der Waals surface area contributed by atoms with Crippen molar-refractivity contribution in [3.05, 3.63) is 12.7 Å². The largest absolute Gasteiger partial charge is 0.395 e. The van der Waals surface area contributed by atoms with Crippen LogP contribution in [0.25, 0.3) is 0 Å². The van der Waals surface area contributed by atoms with E-state index in [4.69, 9.17) is 35.5 Å². The minimum atomic E-state index is 0.163. The van der Waals surface area contributed by atoms with Crippen molar-refractivity contribution in [2.45, 2.75) is 12.8 Å². The van der Waals surface area contributed by atoms with Gasteiger partial charge in [-0.2, -0.15) is 15.8 Å². The highest BCUT2D eigenvalue weighted by atomic mass is 16.5. The summed E-state index contributed by atoms with van der Waals surface area (Å²) in [5.74, 6) is 0. The zero-order chi connectivity index (χ0) is 21.9. The number of hydrogen-bond acceptors (Lipinski definition) is 9. The molecule has 2 N–H and O–H groups in total. The van der Waals surface area contributed by atoms with Crippen LogP contribution in [0.3, 0.4) is 0 Å². The van der Waals surface area contributed by atoms with Gasteiger partial charge in [-0.3, -0.25) is 0 Å². The van der Waals surface area contributed by atoms with Crippen molar-refractivity contribution in [2.75, 3.05) is 79.9 Å². The summed E-state index contributed by atoms with van der Waals surface area (Å²) in [6.45, 7) is 8.65. The molecule has 0 fully saturated rings. The van der Waals surface area contributed by atoms with Gasteiger partial charge < -0.3 is 29.5 Å². The quantitative estimate of drug-likeness (QED) is 0.315. The Hall–Kier alpha value is -2.03. The number of ether oxygens (including phenoxy) is 2. The second kappa shape index (κ2) is 29.7. The first-order valence-corrected chi connectivity index (χ1v) is 9.02. The van der Waals surface area contributed by atoms with Crippen LogP contribution in [0.15, 0.2) is 12.7 Å². The number of likely N-dealkylation sites (N-methyl/N-ethyl adjacent to an activating group) is 2. The molecule has 0 aliphatic heterocycles. The highest BCUT2D eigenvalue weighted by Crippen LogP contribution is 1.87. The Balaban J connectivity index is -0.000000431. The van der Waals surface area contributed by atoms with E-state index in [-0.39, 0.29) is 13.2 Å². The maximum atomic E-state index is 8.34. The van der Waals surface area contributed by atoms with Crippen LogP contribution < -0.4 is 0 Å². The number of nitrogens with zero attached hydrogens (tertiary/aromatic N) is 5. The maximum Gasteiger partial charge on any atom is 0.0905 e. The van der Waals surface area contributed by atoms with Gasteiger partial charge in [-0.05, 0) is 14.1 Å². The summed E-state index contributed by atoms with van der Waals surface area (Å²) in [6, 6.07) is 5.74. The SMILES string of the molecule is C=CC#N.CN(CCO)CCO.CN(CCOCCC#N)CCOCCC#N. The molecule has 0 rings (SSSR count). The molecule has 0 bridgehead atoms. The highest BCUT2D eigenvalue weighted by molar-refractivity contribution is 4.93. The molecule has 0 spiro atoms. The molecule has 0 saturated carbocycles. The van der Waals surface area contributed by atoms with Crippen molar-refractivity contribution >= 4 is 0 Å². The predicted molar refractivity (Wildman–Crippen MR) is 107 cm³/mol. The fourth-order valence-corrected chi connectivity index (χ4v) is 1.45. The summed E-state index contributed by atoms with van der Waals surface area (Å²) in [5, 5.41) is 40.8. The molecule has 28 heavy (non-hydrogen) atoms. The van der Waals surface area contributed by atoms with E-state index in [1.165, 1.54) is 6.08 Å². The Bertz CT molecular complexity index is 413. The lowest BCUT2D eigenvalue weighted by molar-refractivity contribution is 0.0880. The Morgan fingerprint density at radius 2 is 1.14 bits per heavy atom. The average Bonchev–Trinajstić information content (AvgIpc) is 2.69. The fourth-order valence-electron chi connectivity index (χ4n) is 1.45. The highest BCUT2D eigenvalue weighted by Gasteiger charge is 1.98. The van der Waals surface area contributed by atoms with Crippen molar-refractivity contribution < 1.29 is 19.7 Å². The van der Waals surface area contributed by atoms with Crippen LogP contribution >= 0.6 is 0 Å². The lowest BCUT2D eigenvalue weighted by atomic mass is 10.5. The van der Waals surface area contributed by atoms with Gasteiger partial charge in [0.25, 0.3) is 0 Å². The summed E-state index contributed by atoms with van der Waals surface area (Å²) < 4.78 is 10.5. The topological polar surface area (TPSA) is 137 Å². The molecule has 0 heterocycles. The second-order valence-corrected chi connectivity index (χ2v) is 5.43. The zero-order valence-corrected chi connectivity index (χ0v) is 17.2. The van der Waals surface area contributed by atoms with E-state index in [0.29, 0.717) is 52.4 Å². The van der Waals surface area contributed by atoms with Crippen LogP contribution in [0.1, 0.15) is 12.8 Å². The minimum Gasteiger partial charge on any atom is -0.395 e. The van der Waals surface area contributed by atoms with Crippen molar-refractivity contribution in [1.29, 1.82) is 15.8 Å². The molecule has 160 valence electrons. The molecule has 0 aromatic heterocycles.